The van der Waals surface area contributed by atoms with Gasteiger partial charge in [-0.1, -0.05) is 28.4 Å². The lowest BCUT2D eigenvalue weighted by atomic mass is 9.95. The van der Waals surface area contributed by atoms with E-state index in [1.54, 1.807) is 0 Å². The summed E-state index contributed by atoms with van der Waals surface area (Å²) in [5.74, 6) is -0.298. The molecule has 0 radical (unpaired) electrons. The van der Waals surface area contributed by atoms with Crippen LogP contribution in [0.1, 0.15) is 60.3 Å². The number of unbranched alkanes of at least 4 members (excludes halogenated alkanes) is 2. The van der Waals surface area contributed by atoms with Gasteiger partial charge < -0.3 is 10.1 Å². The maximum absolute atomic E-state index is 12.7. The van der Waals surface area contributed by atoms with Crippen LogP contribution in [0.25, 0.3) is 5.69 Å². The second kappa shape index (κ2) is 9.87. The van der Waals surface area contributed by atoms with Crippen molar-refractivity contribution >= 4 is 27.8 Å². The van der Waals surface area contributed by atoms with Gasteiger partial charge in [0.05, 0.1) is 12.8 Å². The second-order valence-electron chi connectivity index (χ2n) is 7.02. The van der Waals surface area contributed by atoms with Crippen molar-refractivity contribution in [2.24, 2.45) is 0 Å². The van der Waals surface area contributed by atoms with Gasteiger partial charge in [0.1, 0.15) is 0 Å². The summed E-state index contributed by atoms with van der Waals surface area (Å²) in [4.78, 5) is 23.9. The number of carbonyl (C=O) groups is 2. The molecule has 0 fully saturated rings. The Bertz CT molecular complexity index is 847. The Morgan fingerprint density at radius 1 is 1.21 bits per heavy atom. The number of nitrogens with zero attached hydrogens (tertiary/aromatic N) is 2. The van der Waals surface area contributed by atoms with Gasteiger partial charge in [-0.2, -0.15) is 5.10 Å². The number of hydrogen-bond donors (Lipinski definition) is 1. The molecule has 1 N–H and O–H groups in total. The quantitative estimate of drug-likeness (QED) is 0.490. The molecule has 0 aliphatic heterocycles. The normalized spacial score (nSPS) is 13.1. The average Bonchev–Trinajstić information content (AvgIpc) is 3.10. The maximum Gasteiger partial charge on any atom is 0.305 e. The number of ether oxygens (including phenoxy) is 1. The highest BCUT2D eigenvalue weighted by Gasteiger charge is 2.25. The van der Waals surface area contributed by atoms with Crippen LogP contribution in [0, 0.1) is 0 Å². The zero-order chi connectivity index (χ0) is 19.9. The summed E-state index contributed by atoms with van der Waals surface area (Å²) in [5.41, 5.74) is 3.74. The highest BCUT2D eigenvalue weighted by molar-refractivity contribution is 9.10. The number of fused-ring (bicyclic) bond motifs is 1. The monoisotopic (exact) mass is 447 g/mol. The third-order valence-electron chi connectivity index (χ3n) is 5.02. The molecule has 0 bridgehead atoms. The molecule has 7 heteroatoms. The fourth-order valence-corrected chi connectivity index (χ4v) is 3.95. The molecule has 3 rings (SSSR count). The summed E-state index contributed by atoms with van der Waals surface area (Å²) in [6.07, 6.45) is 6.95. The maximum atomic E-state index is 12.7. The van der Waals surface area contributed by atoms with E-state index in [9.17, 15) is 9.59 Å². The average molecular weight is 448 g/mol. The van der Waals surface area contributed by atoms with Gasteiger partial charge >= 0.3 is 5.97 Å². The van der Waals surface area contributed by atoms with Gasteiger partial charge in [-0.05, 0) is 56.7 Å². The van der Waals surface area contributed by atoms with E-state index in [4.69, 9.17) is 0 Å². The van der Waals surface area contributed by atoms with E-state index >= 15 is 0 Å². The van der Waals surface area contributed by atoms with Gasteiger partial charge in [-0.15, -0.1) is 0 Å². The molecule has 150 valence electrons. The Hall–Kier alpha value is -2.15. The third kappa shape index (κ3) is 5.01. The molecule has 1 amide bonds. The van der Waals surface area contributed by atoms with Crippen LogP contribution in [0.15, 0.2) is 28.7 Å². The molecule has 1 heterocycles. The van der Waals surface area contributed by atoms with Gasteiger partial charge in [0.2, 0.25) is 0 Å². The first-order valence-corrected chi connectivity index (χ1v) is 10.6. The summed E-state index contributed by atoms with van der Waals surface area (Å²) in [7, 11) is 1.40. The Balaban J connectivity index is 1.65. The fraction of sp³-hybridized carbons (Fsp3) is 0.476. The third-order valence-corrected chi connectivity index (χ3v) is 5.51. The summed E-state index contributed by atoms with van der Waals surface area (Å²) >= 11 is 3.51. The highest BCUT2D eigenvalue weighted by Crippen LogP contribution is 2.27. The first-order chi connectivity index (χ1) is 13.6. The number of esters is 1. The largest absolute Gasteiger partial charge is 0.469 e. The molecular weight excluding hydrogens is 422 g/mol. The highest BCUT2D eigenvalue weighted by atomic mass is 79.9. The molecule has 0 saturated heterocycles. The second-order valence-corrected chi connectivity index (χ2v) is 7.93. The van der Waals surface area contributed by atoms with Gasteiger partial charge in [-0.3, -0.25) is 9.59 Å². The first kappa shape index (κ1) is 20.6. The van der Waals surface area contributed by atoms with Crippen LogP contribution in [0.3, 0.4) is 0 Å². The van der Waals surface area contributed by atoms with Crippen molar-refractivity contribution in [1.82, 2.24) is 15.1 Å². The lowest BCUT2D eigenvalue weighted by molar-refractivity contribution is -0.140. The molecule has 6 nitrogen and oxygen atoms in total. The molecule has 0 atom stereocenters. The first-order valence-electron chi connectivity index (χ1n) is 9.82. The van der Waals surface area contributed by atoms with Crippen LogP contribution >= 0.6 is 15.9 Å². The standard InChI is InChI=1S/C21H26BrN3O3/c1-28-19(26)12-3-2-6-13-23-21(27)20-17-10-4-5-11-18(17)25(24-20)16-9-7-8-15(22)14-16/h7-9,14H,2-6,10-13H2,1H3,(H,23,27). The minimum atomic E-state index is -0.186. The van der Waals surface area contributed by atoms with Crippen molar-refractivity contribution in [1.29, 1.82) is 0 Å². The predicted molar refractivity (Wildman–Crippen MR) is 111 cm³/mol. The SMILES string of the molecule is COC(=O)CCCCCNC(=O)c1nn(-c2cccc(Br)c2)c2c1CCCC2. The zero-order valence-corrected chi connectivity index (χ0v) is 17.8. The number of methoxy groups -OCH3 is 1. The van der Waals surface area contributed by atoms with Crippen LogP contribution in [0.2, 0.25) is 0 Å². The molecular formula is C21H26BrN3O3. The van der Waals surface area contributed by atoms with E-state index in [1.807, 2.05) is 28.9 Å². The van der Waals surface area contributed by atoms with E-state index in [0.29, 0.717) is 18.7 Å². The molecule has 0 unspecified atom stereocenters. The number of aromatic nitrogens is 2. The van der Waals surface area contributed by atoms with Crippen LogP contribution in [-0.2, 0) is 22.4 Å². The van der Waals surface area contributed by atoms with Gasteiger partial charge in [0, 0.05) is 28.7 Å². The van der Waals surface area contributed by atoms with Crippen molar-refractivity contribution in [3.05, 3.63) is 45.7 Å². The lowest BCUT2D eigenvalue weighted by Gasteiger charge is -2.14. The van der Waals surface area contributed by atoms with E-state index < -0.39 is 0 Å². The van der Waals surface area contributed by atoms with E-state index in [0.717, 1.165) is 66.4 Å². The predicted octanol–water partition coefficient (Wildman–Crippen LogP) is 3.98. The topological polar surface area (TPSA) is 73.2 Å². The van der Waals surface area contributed by atoms with Gasteiger partial charge in [0.25, 0.3) is 5.91 Å². The van der Waals surface area contributed by atoms with Crippen molar-refractivity contribution in [3.8, 4) is 5.69 Å². The number of benzene rings is 1. The van der Waals surface area contributed by atoms with E-state index in [1.165, 1.54) is 7.11 Å². The van der Waals surface area contributed by atoms with Crippen LogP contribution < -0.4 is 5.32 Å². The molecule has 1 aromatic heterocycles. The van der Waals surface area contributed by atoms with Crippen molar-refractivity contribution in [2.45, 2.75) is 51.4 Å². The van der Waals surface area contributed by atoms with Crippen molar-refractivity contribution in [3.63, 3.8) is 0 Å². The fourth-order valence-electron chi connectivity index (χ4n) is 3.56. The molecule has 1 aliphatic carbocycles. The summed E-state index contributed by atoms with van der Waals surface area (Å²) in [5, 5.41) is 7.66. The van der Waals surface area contributed by atoms with Crippen LogP contribution in [-0.4, -0.2) is 35.3 Å². The van der Waals surface area contributed by atoms with Gasteiger partial charge in [0.15, 0.2) is 5.69 Å². The number of hydrogen-bond acceptors (Lipinski definition) is 4. The smallest absolute Gasteiger partial charge is 0.305 e. The number of nitrogens with one attached hydrogen (secondary N) is 1. The molecule has 1 aromatic carbocycles. The zero-order valence-electron chi connectivity index (χ0n) is 16.2. The van der Waals surface area contributed by atoms with E-state index in [-0.39, 0.29) is 11.9 Å². The molecule has 2 aromatic rings. The number of amides is 1. The summed E-state index contributed by atoms with van der Waals surface area (Å²) in [6, 6.07) is 7.98. The number of carbonyl (C=O) groups excluding carboxylic acids is 2. The van der Waals surface area contributed by atoms with Gasteiger partial charge in [-0.25, -0.2) is 4.68 Å². The summed E-state index contributed by atoms with van der Waals surface area (Å²) < 4.78 is 7.54. The lowest BCUT2D eigenvalue weighted by Crippen LogP contribution is -2.26. The Morgan fingerprint density at radius 3 is 2.82 bits per heavy atom. The molecule has 0 saturated carbocycles. The Labute approximate surface area is 173 Å². The minimum absolute atomic E-state index is 0.111. The Morgan fingerprint density at radius 2 is 2.04 bits per heavy atom. The molecule has 0 spiro atoms. The molecule has 28 heavy (non-hydrogen) atoms. The number of halogens is 1. The van der Waals surface area contributed by atoms with E-state index in [2.05, 4.69) is 31.1 Å². The number of rotatable bonds is 8. The molecule has 1 aliphatic rings. The van der Waals surface area contributed by atoms with Crippen LogP contribution in [0.4, 0.5) is 0 Å². The van der Waals surface area contributed by atoms with Crippen LogP contribution in [0.5, 0.6) is 0 Å². The van der Waals surface area contributed by atoms with Crippen molar-refractivity contribution < 1.29 is 14.3 Å². The minimum Gasteiger partial charge on any atom is -0.469 e. The summed E-state index contributed by atoms with van der Waals surface area (Å²) in [6.45, 7) is 0.582. The van der Waals surface area contributed by atoms with Crippen molar-refractivity contribution in [2.75, 3.05) is 13.7 Å². The Kier molecular flexibility index (Phi) is 7.25.